The molecular formula is C14H18Br2N2. The van der Waals surface area contributed by atoms with Gasteiger partial charge >= 0.3 is 0 Å². The van der Waals surface area contributed by atoms with E-state index in [1.165, 1.54) is 5.56 Å². The van der Waals surface area contributed by atoms with E-state index in [1.54, 1.807) is 0 Å². The summed E-state index contributed by atoms with van der Waals surface area (Å²) >= 11 is 7.14. The van der Waals surface area contributed by atoms with E-state index in [2.05, 4.69) is 66.9 Å². The van der Waals surface area contributed by atoms with Crippen LogP contribution in [-0.4, -0.2) is 31.1 Å². The number of hydrogen-bond donors (Lipinski definition) is 1. The van der Waals surface area contributed by atoms with Crippen LogP contribution in [0.4, 0.5) is 0 Å². The van der Waals surface area contributed by atoms with Crippen molar-refractivity contribution >= 4 is 31.9 Å². The lowest BCUT2D eigenvalue weighted by Gasteiger charge is -2.35. The maximum absolute atomic E-state index is 3.90. The summed E-state index contributed by atoms with van der Waals surface area (Å²) in [6.07, 6.45) is 3.00. The van der Waals surface area contributed by atoms with Crippen LogP contribution in [0, 0.1) is 0 Å². The maximum atomic E-state index is 3.90. The third-order valence-electron chi connectivity index (χ3n) is 3.25. The summed E-state index contributed by atoms with van der Waals surface area (Å²) < 4.78 is 2.24. The highest BCUT2D eigenvalue weighted by molar-refractivity contribution is 9.11. The number of nitrogens with zero attached hydrogens (tertiary/aromatic N) is 1. The highest BCUT2D eigenvalue weighted by atomic mass is 79.9. The molecule has 1 fully saturated rings. The molecule has 1 heterocycles. The molecule has 0 saturated carbocycles. The molecule has 2 nitrogen and oxygen atoms in total. The first-order valence-electron chi connectivity index (χ1n) is 6.22. The minimum atomic E-state index is 0.429. The van der Waals surface area contributed by atoms with Crippen molar-refractivity contribution < 1.29 is 0 Å². The van der Waals surface area contributed by atoms with Gasteiger partial charge in [0.15, 0.2) is 0 Å². The van der Waals surface area contributed by atoms with E-state index >= 15 is 0 Å². The molecule has 0 unspecified atom stereocenters. The van der Waals surface area contributed by atoms with Crippen LogP contribution in [0.3, 0.4) is 0 Å². The van der Waals surface area contributed by atoms with E-state index in [1.807, 2.05) is 6.08 Å². The Bertz CT molecular complexity index is 394. The molecule has 0 aliphatic carbocycles. The van der Waals surface area contributed by atoms with Crippen molar-refractivity contribution in [2.75, 3.05) is 26.2 Å². The van der Waals surface area contributed by atoms with E-state index in [9.17, 15) is 0 Å². The van der Waals surface area contributed by atoms with Gasteiger partial charge in [0.25, 0.3) is 0 Å². The van der Waals surface area contributed by atoms with Gasteiger partial charge < -0.3 is 5.32 Å². The van der Waals surface area contributed by atoms with Crippen LogP contribution in [0.25, 0.3) is 0 Å². The molecule has 0 aromatic heterocycles. The molecule has 1 atom stereocenters. The second kappa shape index (κ2) is 6.85. The maximum Gasteiger partial charge on any atom is 0.0384 e. The van der Waals surface area contributed by atoms with Crippen molar-refractivity contribution in [1.29, 1.82) is 0 Å². The lowest BCUT2D eigenvalue weighted by Crippen LogP contribution is -2.45. The normalized spacial score (nSPS) is 18.6. The number of halogens is 2. The summed E-state index contributed by atoms with van der Waals surface area (Å²) in [6, 6.07) is 6.92. The molecule has 1 aliphatic heterocycles. The van der Waals surface area contributed by atoms with Crippen LogP contribution in [0.5, 0.6) is 0 Å². The number of piperazine rings is 1. The third kappa shape index (κ3) is 3.67. The van der Waals surface area contributed by atoms with Gasteiger partial charge in [0, 0.05) is 41.2 Å². The Hall–Kier alpha value is -0.160. The van der Waals surface area contributed by atoms with Crippen molar-refractivity contribution in [2.24, 2.45) is 0 Å². The molecule has 0 radical (unpaired) electrons. The zero-order valence-corrected chi connectivity index (χ0v) is 13.5. The molecule has 0 amide bonds. The molecule has 0 spiro atoms. The summed E-state index contributed by atoms with van der Waals surface area (Å²) in [5.74, 6) is 0. The quantitative estimate of drug-likeness (QED) is 0.809. The highest BCUT2D eigenvalue weighted by Gasteiger charge is 2.21. The van der Waals surface area contributed by atoms with Gasteiger partial charge in [0.2, 0.25) is 0 Å². The zero-order chi connectivity index (χ0) is 13.0. The number of nitrogens with one attached hydrogen (secondary N) is 1. The first-order valence-corrected chi connectivity index (χ1v) is 7.81. The predicted octanol–water partition coefficient (Wildman–Crippen LogP) is 3.73. The van der Waals surface area contributed by atoms with Crippen molar-refractivity contribution in [2.45, 2.75) is 12.5 Å². The predicted molar refractivity (Wildman–Crippen MR) is 83.8 cm³/mol. The van der Waals surface area contributed by atoms with Gasteiger partial charge in [-0.1, -0.05) is 37.9 Å². The van der Waals surface area contributed by atoms with Crippen molar-refractivity contribution in [3.05, 3.63) is 45.4 Å². The molecule has 0 bridgehead atoms. The third-order valence-corrected chi connectivity index (χ3v) is 4.17. The second-order valence-electron chi connectivity index (χ2n) is 4.53. The van der Waals surface area contributed by atoms with Crippen LogP contribution >= 0.6 is 31.9 Å². The van der Waals surface area contributed by atoms with Gasteiger partial charge in [-0.15, -0.1) is 6.58 Å². The Balaban J connectivity index is 2.24. The van der Waals surface area contributed by atoms with Gasteiger partial charge in [0.05, 0.1) is 0 Å². The van der Waals surface area contributed by atoms with Crippen molar-refractivity contribution in [3.63, 3.8) is 0 Å². The molecular weight excluding hydrogens is 356 g/mol. The fraction of sp³-hybridized carbons (Fsp3) is 0.429. The Morgan fingerprint density at radius 2 is 1.83 bits per heavy atom. The molecule has 1 aliphatic rings. The fourth-order valence-corrected chi connectivity index (χ4v) is 3.74. The average molecular weight is 374 g/mol. The smallest absolute Gasteiger partial charge is 0.0384 e. The lowest BCUT2D eigenvalue weighted by atomic mass is 10.0. The highest BCUT2D eigenvalue weighted by Crippen LogP contribution is 2.30. The van der Waals surface area contributed by atoms with E-state index in [0.29, 0.717) is 6.04 Å². The monoisotopic (exact) mass is 372 g/mol. The molecule has 1 aromatic rings. The van der Waals surface area contributed by atoms with E-state index < -0.39 is 0 Å². The van der Waals surface area contributed by atoms with Crippen LogP contribution in [0.1, 0.15) is 18.0 Å². The standard InChI is InChI=1S/C14H18Br2N2/c1-2-3-14(18-6-4-17-5-7-18)11-8-12(15)10-13(16)9-11/h2,8-10,14,17H,1,3-7H2/t14-/m0/s1. The molecule has 2 rings (SSSR count). The number of benzene rings is 1. The fourth-order valence-electron chi connectivity index (χ4n) is 2.42. The second-order valence-corrected chi connectivity index (χ2v) is 6.36. The summed E-state index contributed by atoms with van der Waals surface area (Å²) in [6.45, 7) is 8.24. The molecule has 1 N–H and O–H groups in total. The molecule has 98 valence electrons. The summed E-state index contributed by atoms with van der Waals surface area (Å²) in [4.78, 5) is 2.53. The number of hydrogen-bond acceptors (Lipinski definition) is 2. The largest absolute Gasteiger partial charge is 0.314 e. The van der Waals surface area contributed by atoms with Crippen LogP contribution < -0.4 is 5.32 Å². The Kier molecular flexibility index (Phi) is 5.42. The topological polar surface area (TPSA) is 15.3 Å². The van der Waals surface area contributed by atoms with Crippen LogP contribution in [0.15, 0.2) is 39.8 Å². The van der Waals surface area contributed by atoms with Gasteiger partial charge in [0.1, 0.15) is 0 Å². The van der Waals surface area contributed by atoms with Gasteiger partial charge in [-0.2, -0.15) is 0 Å². The summed E-state index contributed by atoms with van der Waals surface area (Å²) in [5.41, 5.74) is 1.35. The Morgan fingerprint density at radius 3 is 2.39 bits per heavy atom. The first kappa shape index (κ1) is 14.3. The Morgan fingerprint density at radius 1 is 1.22 bits per heavy atom. The van der Waals surface area contributed by atoms with Gasteiger partial charge in [-0.25, -0.2) is 0 Å². The van der Waals surface area contributed by atoms with E-state index in [4.69, 9.17) is 0 Å². The Labute approximate surface area is 126 Å². The van der Waals surface area contributed by atoms with Crippen molar-refractivity contribution in [3.8, 4) is 0 Å². The van der Waals surface area contributed by atoms with Crippen molar-refractivity contribution in [1.82, 2.24) is 10.2 Å². The molecule has 4 heteroatoms. The molecule has 1 saturated heterocycles. The molecule has 18 heavy (non-hydrogen) atoms. The lowest BCUT2D eigenvalue weighted by molar-refractivity contribution is 0.174. The van der Waals surface area contributed by atoms with E-state index in [0.717, 1.165) is 41.5 Å². The minimum absolute atomic E-state index is 0.429. The van der Waals surface area contributed by atoms with E-state index in [-0.39, 0.29) is 0 Å². The average Bonchev–Trinajstić information content (AvgIpc) is 2.36. The van der Waals surface area contributed by atoms with Crippen LogP contribution in [0.2, 0.25) is 0 Å². The van der Waals surface area contributed by atoms with Crippen LogP contribution in [-0.2, 0) is 0 Å². The number of rotatable bonds is 4. The first-order chi connectivity index (χ1) is 8.70. The van der Waals surface area contributed by atoms with Gasteiger partial charge in [-0.05, 0) is 30.2 Å². The van der Waals surface area contributed by atoms with Gasteiger partial charge in [-0.3, -0.25) is 4.90 Å². The summed E-state index contributed by atoms with van der Waals surface area (Å²) in [5, 5.41) is 3.40. The summed E-state index contributed by atoms with van der Waals surface area (Å²) in [7, 11) is 0. The minimum Gasteiger partial charge on any atom is -0.314 e. The molecule has 1 aromatic carbocycles. The zero-order valence-electron chi connectivity index (χ0n) is 10.3. The SMILES string of the molecule is C=CC[C@@H](c1cc(Br)cc(Br)c1)N1CCNCC1.